The van der Waals surface area contributed by atoms with Crippen LogP contribution >= 0.6 is 0 Å². The zero-order valence-corrected chi connectivity index (χ0v) is 14.0. The molecule has 0 saturated heterocycles. The van der Waals surface area contributed by atoms with Gasteiger partial charge in [0.1, 0.15) is 0 Å². The van der Waals surface area contributed by atoms with Gasteiger partial charge in [-0.15, -0.1) is 0 Å². The fraction of sp³-hybridized carbons (Fsp3) is 0.556. The quantitative estimate of drug-likeness (QED) is 0.799. The maximum atomic E-state index is 11.9. The number of carbonyl (C=O) groups is 2. The van der Waals surface area contributed by atoms with E-state index in [0.717, 1.165) is 36.0 Å². The number of rotatable bonds is 3. The summed E-state index contributed by atoms with van der Waals surface area (Å²) >= 11 is 0. The second-order valence-corrected chi connectivity index (χ2v) is 6.98. The molecule has 1 fully saturated rings. The van der Waals surface area contributed by atoms with Crippen LogP contribution in [0, 0.1) is 11.3 Å². The van der Waals surface area contributed by atoms with Crippen LogP contribution < -0.4 is 0 Å². The van der Waals surface area contributed by atoms with Gasteiger partial charge >= 0.3 is 11.9 Å². The van der Waals surface area contributed by atoms with Crippen molar-refractivity contribution in [3.05, 3.63) is 28.7 Å². The molecule has 5 heteroatoms. The summed E-state index contributed by atoms with van der Waals surface area (Å²) in [6.45, 7) is 6.08. The molecule has 1 saturated carbocycles. The maximum Gasteiger partial charge on any atom is 0.374 e. The van der Waals surface area contributed by atoms with Gasteiger partial charge in [0.2, 0.25) is 5.76 Å². The molecule has 124 valence electrons. The molecule has 1 aromatic rings. The summed E-state index contributed by atoms with van der Waals surface area (Å²) in [4.78, 5) is 23.0. The van der Waals surface area contributed by atoms with Crippen LogP contribution in [0.1, 0.15) is 55.3 Å². The Labute approximate surface area is 135 Å². The van der Waals surface area contributed by atoms with Gasteiger partial charge in [-0.2, -0.15) is 0 Å². The van der Waals surface area contributed by atoms with E-state index in [0.29, 0.717) is 18.3 Å². The van der Waals surface area contributed by atoms with E-state index in [1.54, 1.807) is 6.26 Å². The van der Waals surface area contributed by atoms with Gasteiger partial charge in [-0.1, -0.05) is 12.5 Å². The number of allylic oxidation sites excluding steroid dienone is 2. The molecule has 0 amide bonds. The van der Waals surface area contributed by atoms with Gasteiger partial charge in [0.05, 0.1) is 20.0 Å². The molecule has 3 rings (SSSR count). The van der Waals surface area contributed by atoms with Crippen molar-refractivity contribution < 1.29 is 23.5 Å². The molecule has 23 heavy (non-hydrogen) atoms. The summed E-state index contributed by atoms with van der Waals surface area (Å²) in [7, 11) is 1.36. The number of esters is 2. The zero-order valence-electron chi connectivity index (χ0n) is 14.0. The molecular formula is C18H22O5. The van der Waals surface area contributed by atoms with Crippen molar-refractivity contribution in [3.63, 3.8) is 0 Å². The molecule has 0 spiro atoms. The monoisotopic (exact) mass is 318 g/mol. The molecule has 5 nitrogen and oxygen atoms in total. The van der Waals surface area contributed by atoms with Crippen molar-refractivity contribution in [2.75, 3.05) is 13.7 Å². The van der Waals surface area contributed by atoms with Crippen LogP contribution in [0.2, 0.25) is 0 Å². The third-order valence-electron chi connectivity index (χ3n) is 5.03. The summed E-state index contributed by atoms with van der Waals surface area (Å²) in [6.07, 6.45) is 4.38. The van der Waals surface area contributed by atoms with E-state index < -0.39 is 5.97 Å². The van der Waals surface area contributed by atoms with Crippen molar-refractivity contribution in [1.82, 2.24) is 0 Å². The number of fused-ring (bicyclic) bond motifs is 2. The molecule has 1 aromatic heterocycles. The molecule has 0 unspecified atom stereocenters. The summed E-state index contributed by atoms with van der Waals surface area (Å²) in [6, 6.07) is 0. The fourth-order valence-corrected chi connectivity index (χ4v) is 4.04. The molecule has 2 aliphatic rings. The van der Waals surface area contributed by atoms with Gasteiger partial charge < -0.3 is 13.9 Å². The number of hydrogen-bond acceptors (Lipinski definition) is 5. The number of ether oxygens (including phenoxy) is 2. The van der Waals surface area contributed by atoms with E-state index in [1.165, 1.54) is 19.6 Å². The van der Waals surface area contributed by atoms with Crippen LogP contribution in [0.25, 0.3) is 5.57 Å². The third-order valence-corrected chi connectivity index (χ3v) is 5.03. The Bertz CT molecular complexity index is 696. The van der Waals surface area contributed by atoms with Gasteiger partial charge in [0.25, 0.3) is 0 Å². The highest BCUT2D eigenvalue weighted by molar-refractivity contribution is 5.94. The predicted octanol–water partition coefficient (Wildman–Crippen LogP) is 3.38. The number of carbonyl (C=O) groups excluding carboxylic acids is 2. The van der Waals surface area contributed by atoms with Crippen LogP contribution in [0.5, 0.6) is 0 Å². The molecular weight excluding hydrogens is 296 g/mol. The normalized spacial score (nSPS) is 25.8. The average Bonchev–Trinajstić information content (AvgIpc) is 3.06. The zero-order chi connectivity index (χ0) is 16.8. The first kappa shape index (κ1) is 15.8. The Kier molecular flexibility index (Phi) is 3.82. The Balaban J connectivity index is 1.92. The first-order valence-electron chi connectivity index (χ1n) is 7.86. The average molecular weight is 318 g/mol. The second-order valence-electron chi connectivity index (χ2n) is 6.98. The molecule has 1 heterocycles. The first-order valence-corrected chi connectivity index (χ1v) is 7.86. The molecule has 0 aromatic carbocycles. The Morgan fingerprint density at radius 2 is 2.17 bits per heavy atom. The van der Waals surface area contributed by atoms with Gasteiger partial charge in [0, 0.05) is 17.9 Å². The first-order chi connectivity index (χ1) is 10.8. The van der Waals surface area contributed by atoms with E-state index in [-0.39, 0.29) is 11.4 Å². The minimum Gasteiger partial charge on any atom is -0.465 e. The Hall–Kier alpha value is -2.04. The second kappa shape index (κ2) is 5.55. The molecule has 0 aliphatic heterocycles. The summed E-state index contributed by atoms with van der Waals surface area (Å²) in [5.74, 6) is 0.0338. The van der Waals surface area contributed by atoms with Crippen LogP contribution in [0.3, 0.4) is 0 Å². The smallest absolute Gasteiger partial charge is 0.374 e. The van der Waals surface area contributed by atoms with Crippen LogP contribution in [0.15, 0.2) is 16.3 Å². The Morgan fingerprint density at radius 1 is 1.43 bits per heavy atom. The van der Waals surface area contributed by atoms with E-state index in [9.17, 15) is 9.59 Å². The van der Waals surface area contributed by atoms with Gasteiger partial charge in [-0.3, -0.25) is 4.79 Å². The van der Waals surface area contributed by atoms with Crippen molar-refractivity contribution in [3.8, 4) is 0 Å². The summed E-state index contributed by atoms with van der Waals surface area (Å²) < 4.78 is 15.5. The van der Waals surface area contributed by atoms with E-state index in [4.69, 9.17) is 13.9 Å². The number of furan rings is 1. The lowest BCUT2D eigenvalue weighted by Crippen LogP contribution is -2.21. The minimum atomic E-state index is -0.440. The largest absolute Gasteiger partial charge is 0.465 e. The van der Waals surface area contributed by atoms with Gasteiger partial charge in [-0.05, 0) is 43.2 Å². The van der Waals surface area contributed by atoms with E-state index in [1.807, 2.05) is 6.92 Å². The molecule has 2 atom stereocenters. The lowest BCUT2D eigenvalue weighted by atomic mass is 9.82. The minimum absolute atomic E-state index is 0.0427. The lowest BCUT2D eigenvalue weighted by molar-refractivity contribution is -0.144. The van der Waals surface area contributed by atoms with E-state index >= 15 is 0 Å². The van der Waals surface area contributed by atoms with Gasteiger partial charge in [-0.25, -0.2) is 4.79 Å². The third kappa shape index (κ3) is 2.69. The summed E-state index contributed by atoms with van der Waals surface area (Å²) in [5, 5.41) is 0. The Morgan fingerprint density at radius 3 is 2.83 bits per heavy atom. The highest BCUT2D eigenvalue weighted by Gasteiger charge is 2.43. The van der Waals surface area contributed by atoms with Crippen molar-refractivity contribution >= 4 is 17.5 Å². The summed E-state index contributed by atoms with van der Waals surface area (Å²) in [5.41, 5.74) is 4.36. The molecule has 0 N–H and O–H groups in total. The molecule has 0 radical (unpaired) electrons. The van der Waals surface area contributed by atoms with Crippen LogP contribution in [-0.2, 0) is 20.7 Å². The maximum absolute atomic E-state index is 11.9. The van der Waals surface area contributed by atoms with Gasteiger partial charge in [0.15, 0.2) is 0 Å². The van der Waals surface area contributed by atoms with Crippen molar-refractivity contribution in [2.45, 2.75) is 40.0 Å². The van der Waals surface area contributed by atoms with Crippen molar-refractivity contribution in [2.24, 2.45) is 11.3 Å². The predicted molar refractivity (Wildman–Crippen MR) is 83.8 cm³/mol. The fourth-order valence-electron chi connectivity index (χ4n) is 4.04. The molecule has 0 bridgehead atoms. The SMILES string of the molecule is COC(=O)c1occ2c1C(C)=C1C[C@](C)(COC(C)=O)C[C@H]1C2. The lowest BCUT2D eigenvalue weighted by Gasteiger charge is -2.22. The molecule has 2 aliphatic carbocycles. The van der Waals surface area contributed by atoms with E-state index in [2.05, 4.69) is 6.92 Å². The standard InChI is InChI=1S/C18H22O5/c1-10-14-7-18(3,9-23-11(2)19)6-12(14)5-13-8-22-16(15(10)13)17(20)21-4/h8,12H,5-7,9H2,1-4H3/t12-,18-/m1/s1. The van der Waals surface area contributed by atoms with Crippen LogP contribution in [-0.4, -0.2) is 25.7 Å². The highest BCUT2D eigenvalue weighted by Crippen LogP contribution is 2.52. The highest BCUT2D eigenvalue weighted by atomic mass is 16.5. The van der Waals surface area contributed by atoms with Crippen LogP contribution in [0.4, 0.5) is 0 Å². The number of methoxy groups -OCH3 is 1. The number of hydrogen-bond donors (Lipinski definition) is 0. The van der Waals surface area contributed by atoms with Crippen molar-refractivity contribution in [1.29, 1.82) is 0 Å². The topological polar surface area (TPSA) is 65.7 Å².